The molecular weight excluding hydrogens is 362 g/mol. The van der Waals surface area contributed by atoms with Gasteiger partial charge < -0.3 is 20.4 Å². The Labute approximate surface area is 139 Å². The van der Waals surface area contributed by atoms with E-state index in [0.717, 1.165) is 16.5 Å². The zero-order valence-electron chi connectivity index (χ0n) is 11.9. The third-order valence-corrected chi connectivity index (χ3v) is 4.97. The van der Waals surface area contributed by atoms with E-state index in [1.807, 2.05) is 22.9 Å². The number of phenolic OH excluding ortho intramolecular Hbond substituents is 3. The second kappa shape index (κ2) is 4.84. The number of hydrogen-bond acceptors (Lipinski definition) is 4. The number of hydrogen-bond donors (Lipinski definition) is 4. The summed E-state index contributed by atoms with van der Waals surface area (Å²) in [6.45, 7) is 0.324. The summed E-state index contributed by atoms with van der Waals surface area (Å²) in [6.07, 6.45) is 1.05. The van der Waals surface area contributed by atoms with Crippen LogP contribution in [0.25, 0.3) is 22.0 Å². The van der Waals surface area contributed by atoms with Crippen LogP contribution in [-0.2, 0) is 6.54 Å². The number of fused-ring (bicyclic) bond motifs is 4. The molecule has 0 saturated heterocycles. The molecule has 1 aromatic heterocycles. The molecule has 4 rings (SSSR count). The average molecular weight is 375 g/mol. The Bertz CT molecular complexity index is 971. The lowest BCUT2D eigenvalue weighted by atomic mass is 9.93. The van der Waals surface area contributed by atoms with E-state index < -0.39 is 6.10 Å². The molecule has 0 aliphatic carbocycles. The first-order chi connectivity index (χ1) is 11.0. The third kappa shape index (κ3) is 2.06. The first-order valence-corrected chi connectivity index (χ1v) is 7.84. The molecule has 4 N–H and O–H groups in total. The van der Waals surface area contributed by atoms with Gasteiger partial charge in [-0.15, -0.1) is 0 Å². The van der Waals surface area contributed by atoms with Gasteiger partial charge in [0.05, 0.1) is 10.0 Å². The minimum absolute atomic E-state index is 0.179. The summed E-state index contributed by atoms with van der Waals surface area (Å²) in [5.74, 6) is -0.345. The highest BCUT2D eigenvalue weighted by Gasteiger charge is 2.33. The molecule has 0 spiro atoms. The monoisotopic (exact) mass is 374 g/mol. The molecule has 23 heavy (non-hydrogen) atoms. The third-order valence-electron chi connectivity index (χ3n) is 4.20. The molecular formula is C17H13BrNO4+. The smallest absolute Gasteiger partial charge is 0.214 e. The lowest BCUT2D eigenvalue weighted by Gasteiger charge is -2.22. The fraction of sp³-hybridized carbons (Fsp3) is 0.118. The first kappa shape index (κ1) is 14.3. The van der Waals surface area contributed by atoms with Gasteiger partial charge in [0.1, 0.15) is 11.9 Å². The Morgan fingerprint density at radius 2 is 1.83 bits per heavy atom. The van der Waals surface area contributed by atoms with Crippen LogP contribution >= 0.6 is 15.9 Å². The van der Waals surface area contributed by atoms with Crippen LogP contribution in [0.5, 0.6) is 17.2 Å². The van der Waals surface area contributed by atoms with Gasteiger partial charge in [-0.05, 0) is 39.5 Å². The molecule has 1 unspecified atom stereocenters. The molecule has 116 valence electrons. The second-order valence-corrected chi connectivity index (χ2v) is 6.46. The van der Waals surface area contributed by atoms with E-state index in [2.05, 4.69) is 15.9 Å². The predicted octanol–water partition coefficient (Wildman–Crippen LogP) is 2.72. The highest BCUT2D eigenvalue weighted by atomic mass is 79.9. The van der Waals surface area contributed by atoms with Crippen LogP contribution in [-0.4, -0.2) is 20.4 Å². The highest BCUT2D eigenvalue weighted by molar-refractivity contribution is 9.10. The molecule has 0 bridgehead atoms. The van der Waals surface area contributed by atoms with Gasteiger partial charge in [0.15, 0.2) is 24.2 Å². The SMILES string of the molecule is Oc1ccc2cc3[n+](cc2c1)CC(O)c1cc(O)c(O)c(Br)c1-3. The van der Waals surface area contributed by atoms with Crippen molar-refractivity contribution in [2.75, 3.05) is 0 Å². The summed E-state index contributed by atoms with van der Waals surface area (Å²) in [5, 5.41) is 41.6. The van der Waals surface area contributed by atoms with Gasteiger partial charge in [-0.2, -0.15) is 4.57 Å². The quantitative estimate of drug-likeness (QED) is 0.360. The number of aliphatic hydroxyl groups excluding tert-OH is 1. The van der Waals surface area contributed by atoms with Gasteiger partial charge in [-0.25, -0.2) is 0 Å². The van der Waals surface area contributed by atoms with Crippen molar-refractivity contribution in [2.24, 2.45) is 0 Å². The van der Waals surface area contributed by atoms with E-state index in [9.17, 15) is 20.4 Å². The molecule has 0 saturated carbocycles. The van der Waals surface area contributed by atoms with Crippen molar-refractivity contribution >= 4 is 26.7 Å². The van der Waals surface area contributed by atoms with E-state index in [1.54, 1.807) is 12.1 Å². The fourth-order valence-corrected chi connectivity index (χ4v) is 3.73. The molecule has 3 aromatic rings. The van der Waals surface area contributed by atoms with Crippen LogP contribution < -0.4 is 4.57 Å². The molecule has 2 aromatic carbocycles. The minimum atomic E-state index is -0.806. The Hall–Kier alpha value is -2.31. The van der Waals surface area contributed by atoms with Crippen LogP contribution in [0.1, 0.15) is 11.7 Å². The standard InChI is InChI=1S/C17H12BrNO4/c18-16-15-11(5-13(21)17(16)23)14(22)7-19-6-9-3-10(20)2-1-8(9)4-12(15)19/h1-6,14,20,22-23H,7H2/p+1. The number of nitrogens with zero attached hydrogens (tertiary/aromatic N) is 1. The number of halogens is 1. The fourth-order valence-electron chi connectivity index (χ4n) is 3.09. The molecule has 0 radical (unpaired) electrons. The summed E-state index contributed by atoms with van der Waals surface area (Å²) in [7, 11) is 0. The van der Waals surface area contributed by atoms with Crippen LogP contribution in [0.4, 0.5) is 0 Å². The number of pyridine rings is 1. The van der Waals surface area contributed by atoms with Crippen molar-refractivity contribution in [2.45, 2.75) is 12.6 Å². The number of rotatable bonds is 0. The maximum absolute atomic E-state index is 10.4. The zero-order valence-corrected chi connectivity index (χ0v) is 13.4. The van der Waals surface area contributed by atoms with E-state index in [1.165, 1.54) is 6.07 Å². The highest BCUT2D eigenvalue weighted by Crippen LogP contribution is 2.46. The van der Waals surface area contributed by atoms with Gasteiger partial charge in [-0.1, -0.05) is 6.07 Å². The molecule has 0 amide bonds. The van der Waals surface area contributed by atoms with E-state index in [4.69, 9.17) is 0 Å². The average Bonchev–Trinajstić information content (AvgIpc) is 2.51. The topological polar surface area (TPSA) is 84.8 Å². The first-order valence-electron chi connectivity index (χ1n) is 7.04. The van der Waals surface area contributed by atoms with Gasteiger partial charge in [0.2, 0.25) is 5.69 Å². The maximum Gasteiger partial charge on any atom is 0.214 e. The van der Waals surface area contributed by atoms with Crippen molar-refractivity contribution in [1.82, 2.24) is 0 Å². The summed E-state index contributed by atoms with van der Waals surface area (Å²) in [6, 6.07) is 8.41. The van der Waals surface area contributed by atoms with Gasteiger partial charge in [0, 0.05) is 17.0 Å². The maximum atomic E-state index is 10.4. The summed E-state index contributed by atoms with van der Waals surface area (Å²) in [5.41, 5.74) is 2.02. The van der Waals surface area contributed by atoms with E-state index in [-0.39, 0.29) is 17.2 Å². The van der Waals surface area contributed by atoms with Crippen LogP contribution in [0.15, 0.2) is 41.0 Å². The number of benzene rings is 2. The molecule has 5 nitrogen and oxygen atoms in total. The molecule has 1 aliphatic heterocycles. The number of aliphatic hydroxyl groups is 1. The van der Waals surface area contributed by atoms with Crippen LogP contribution in [0.2, 0.25) is 0 Å². The largest absolute Gasteiger partial charge is 0.508 e. The van der Waals surface area contributed by atoms with Crippen molar-refractivity contribution < 1.29 is 25.0 Å². The van der Waals surface area contributed by atoms with Crippen molar-refractivity contribution in [3.8, 4) is 28.5 Å². The van der Waals surface area contributed by atoms with Gasteiger partial charge in [-0.3, -0.25) is 0 Å². The van der Waals surface area contributed by atoms with E-state index in [0.29, 0.717) is 22.1 Å². The molecule has 1 atom stereocenters. The van der Waals surface area contributed by atoms with Crippen LogP contribution in [0, 0.1) is 0 Å². The molecule has 2 heterocycles. The second-order valence-electron chi connectivity index (χ2n) is 5.66. The van der Waals surface area contributed by atoms with Crippen LogP contribution in [0.3, 0.4) is 0 Å². The molecule has 0 fully saturated rings. The lowest BCUT2D eigenvalue weighted by molar-refractivity contribution is -0.695. The Kier molecular flexibility index (Phi) is 3.01. The number of aromatic nitrogens is 1. The summed E-state index contributed by atoms with van der Waals surface area (Å²) < 4.78 is 2.22. The summed E-state index contributed by atoms with van der Waals surface area (Å²) >= 11 is 3.32. The predicted molar refractivity (Wildman–Crippen MR) is 87.2 cm³/mol. The van der Waals surface area contributed by atoms with Gasteiger partial charge in [0.25, 0.3) is 0 Å². The lowest BCUT2D eigenvalue weighted by Crippen LogP contribution is -2.42. The minimum Gasteiger partial charge on any atom is -0.508 e. The van der Waals surface area contributed by atoms with Crippen molar-refractivity contribution in [3.05, 3.63) is 46.6 Å². The normalized spacial score (nSPS) is 16.2. The Balaban J connectivity index is 2.08. The number of phenols is 3. The van der Waals surface area contributed by atoms with E-state index >= 15 is 0 Å². The van der Waals surface area contributed by atoms with Crippen molar-refractivity contribution in [3.63, 3.8) is 0 Å². The van der Waals surface area contributed by atoms with Gasteiger partial charge >= 0.3 is 0 Å². The Morgan fingerprint density at radius 1 is 1.04 bits per heavy atom. The Morgan fingerprint density at radius 3 is 2.61 bits per heavy atom. The molecule has 1 aliphatic rings. The van der Waals surface area contributed by atoms with Crippen molar-refractivity contribution in [1.29, 1.82) is 0 Å². The summed E-state index contributed by atoms with van der Waals surface area (Å²) in [4.78, 5) is 0. The molecule has 6 heteroatoms. The zero-order chi connectivity index (χ0) is 16.3. The number of aromatic hydroxyl groups is 3.